The van der Waals surface area contributed by atoms with Crippen molar-refractivity contribution < 1.29 is 9.84 Å². The van der Waals surface area contributed by atoms with Gasteiger partial charge >= 0.3 is 0 Å². The lowest BCUT2D eigenvalue weighted by molar-refractivity contribution is 0.364. The van der Waals surface area contributed by atoms with E-state index in [4.69, 9.17) is 9.72 Å². The monoisotopic (exact) mass is 356 g/mol. The first-order chi connectivity index (χ1) is 13.2. The van der Waals surface area contributed by atoms with Crippen LogP contribution in [0, 0.1) is 0 Å². The number of phenolic OH excluding ortho intramolecular Hbond substituents is 1. The van der Waals surface area contributed by atoms with Gasteiger partial charge in [-0.3, -0.25) is 9.36 Å². The molecule has 4 aromatic rings. The Bertz CT molecular complexity index is 1200. The topological polar surface area (TPSA) is 67.7 Å². The third-order valence-electron chi connectivity index (χ3n) is 4.81. The molecule has 132 valence electrons. The molecule has 1 fully saturated rings. The minimum absolute atomic E-state index is 0.131. The van der Waals surface area contributed by atoms with E-state index in [1.54, 1.807) is 22.8 Å². The third-order valence-corrected chi connectivity index (χ3v) is 4.81. The Morgan fingerprint density at radius 2 is 1.56 bits per heavy atom. The van der Waals surface area contributed by atoms with E-state index >= 15 is 0 Å². The molecule has 5 heteroatoms. The minimum Gasteiger partial charge on any atom is -0.508 e. The molecule has 0 aliphatic carbocycles. The quantitative estimate of drug-likeness (QED) is 0.565. The number of para-hydroxylation sites is 3. The third kappa shape index (κ3) is 2.60. The van der Waals surface area contributed by atoms with Gasteiger partial charge in [0, 0.05) is 5.56 Å². The number of aromatic nitrogens is 2. The van der Waals surface area contributed by atoms with Crippen LogP contribution in [0.5, 0.6) is 5.75 Å². The van der Waals surface area contributed by atoms with Gasteiger partial charge in [-0.25, -0.2) is 4.98 Å². The molecule has 27 heavy (non-hydrogen) atoms. The van der Waals surface area contributed by atoms with E-state index in [0.717, 1.165) is 5.69 Å². The second-order valence-corrected chi connectivity index (χ2v) is 6.50. The van der Waals surface area contributed by atoms with Gasteiger partial charge in [0.1, 0.15) is 23.8 Å². The van der Waals surface area contributed by atoms with Crippen molar-refractivity contribution in [2.24, 2.45) is 0 Å². The molecule has 0 saturated carbocycles. The molecule has 1 aliphatic heterocycles. The number of epoxide rings is 1. The summed E-state index contributed by atoms with van der Waals surface area (Å²) in [5, 5.41) is 10.7. The van der Waals surface area contributed by atoms with Crippen molar-refractivity contribution in [2.45, 2.75) is 12.2 Å². The maximum absolute atomic E-state index is 13.2. The van der Waals surface area contributed by atoms with Crippen LogP contribution in [0.25, 0.3) is 16.6 Å². The average Bonchev–Trinajstić information content (AvgIpc) is 3.49. The van der Waals surface area contributed by atoms with Gasteiger partial charge in [-0.2, -0.15) is 0 Å². The Hall–Kier alpha value is -3.44. The number of ether oxygens (including phenoxy) is 1. The van der Waals surface area contributed by atoms with Gasteiger partial charge in [0.05, 0.1) is 16.6 Å². The molecule has 1 saturated heterocycles. The maximum Gasteiger partial charge on any atom is 0.266 e. The zero-order chi connectivity index (χ0) is 18.4. The van der Waals surface area contributed by atoms with Crippen molar-refractivity contribution in [3.05, 3.63) is 101 Å². The van der Waals surface area contributed by atoms with Gasteiger partial charge in [0.25, 0.3) is 5.56 Å². The molecule has 2 heterocycles. The number of hydrogen-bond acceptors (Lipinski definition) is 4. The molecular formula is C22H16N2O3. The standard InChI is InChI=1S/C22H16N2O3/c25-18-13-7-5-11-16(18)19-20(27-19)21-23-17-12-6-4-10-15(17)22(26)24(21)14-8-2-1-3-9-14/h1-13,19-20,25H. The number of phenols is 1. The van der Waals surface area contributed by atoms with Crippen LogP contribution < -0.4 is 5.56 Å². The van der Waals surface area contributed by atoms with Crippen LogP contribution in [0.1, 0.15) is 23.6 Å². The summed E-state index contributed by atoms with van der Waals surface area (Å²) in [6.07, 6.45) is -0.718. The van der Waals surface area contributed by atoms with Crippen LogP contribution in [0.15, 0.2) is 83.7 Å². The number of aromatic hydroxyl groups is 1. The molecule has 0 spiro atoms. The SMILES string of the molecule is O=c1c2ccccc2nc(C2OC2c2ccccc2O)n1-c1ccccc1. The van der Waals surface area contributed by atoms with Crippen molar-refractivity contribution in [1.82, 2.24) is 9.55 Å². The van der Waals surface area contributed by atoms with Crippen molar-refractivity contribution in [1.29, 1.82) is 0 Å². The zero-order valence-electron chi connectivity index (χ0n) is 14.3. The summed E-state index contributed by atoms with van der Waals surface area (Å²) in [4.78, 5) is 17.9. The van der Waals surface area contributed by atoms with E-state index in [1.807, 2.05) is 60.7 Å². The van der Waals surface area contributed by atoms with Crippen molar-refractivity contribution >= 4 is 10.9 Å². The van der Waals surface area contributed by atoms with E-state index in [0.29, 0.717) is 22.3 Å². The number of hydrogen-bond donors (Lipinski definition) is 1. The fourth-order valence-electron chi connectivity index (χ4n) is 3.44. The summed E-state index contributed by atoms with van der Waals surface area (Å²) in [7, 11) is 0. The molecule has 2 atom stereocenters. The maximum atomic E-state index is 13.2. The van der Waals surface area contributed by atoms with Crippen LogP contribution in [-0.4, -0.2) is 14.7 Å². The van der Waals surface area contributed by atoms with E-state index in [1.165, 1.54) is 0 Å². The summed E-state index contributed by atoms with van der Waals surface area (Å²) in [6.45, 7) is 0. The highest BCUT2D eigenvalue weighted by atomic mass is 16.6. The second-order valence-electron chi connectivity index (χ2n) is 6.50. The van der Waals surface area contributed by atoms with E-state index < -0.39 is 6.10 Å². The number of benzene rings is 3. The van der Waals surface area contributed by atoms with Gasteiger partial charge in [-0.05, 0) is 30.3 Å². The predicted molar refractivity (Wildman–Crippen MR) is 102 cm³/mol. The van der Waals surface area contributed by atoms with Crippen LogP contribution in [0.4, 0.5) is 0 Å². The lowest BCUT2D eigenvalue weighted by Gasteiger charge is -2.12. The molecule has 1 aromatic heterocycles. The first-order valence-electron chi connectivity index (χ1n) is 8.74. The molecular weight excluding hydrogens is 340 g/mol. The predicted octanol–water partition coefficient (Wildman–Crippen LogP) is 3.90. The Morgan fingerprint density at radius 1 is 0.852 bits per heavy atom. The fraction of sp³-hybridized carbons (Fsp3) is 0.0909. The van der Waals surface area contributed by atoms with Gasteiger partial charge in [0.15, 0.2) is 0 Å². The summed E-state index contributed by atoms with van der Waals surface area (Å²) in [5.74, 6) is 0.720. The van der Waals surface area contributed by atoms with E-state index in [9.17, 15) is 9.90 Å². The highest BCUT2D eigenvalue weighted by Crippen LogP contribution is 2.52. The molecule has 5 rings (SSSR count). The molecule has 1 N–H and O–H groups in total. The first-order valence-corrected chi connectivity index (χ1v) is 8.74. The average molecular weight is 356 g/mol. The Balaban J connectivity index is 1.70. The lowest BCUT2D eigenvalue weighted by Crippen LogP contribution is -2.23. The number of nitrogens with zero attached hydrogens (tertiary/aromatic N) is 2. The smallest absolute Gasteiger partial charge is 0.266 e. The van der Waals surface area contributed by atoms with Gasteiger partial charge in [-0.1, -0.05) is 48.5 Å². The van der Waals surface area contributed by atoms with Crippen molar-refractivity contribution in [3.63, 3.8) is 0 Å². The van der Waals surface area contributed by atoms with Crippen LogP contribution >= 0.6 is 0 Å². The molecule has 5 nitrogen and oxygen atoms in total. The van der Waals surface area contributed by atoms with Crippen LogP contribution in [0.2, 0.25) is 0 Å². The largest absolute Gasteiger partial charge is 0.508 e. The number of rotatable bonds is 3. The Morgan fingerprint density at radius 3 is 2.37 bits per heavy atom. The van der Waals surface area contributed by atoms with Crippen molar-refractivity contribution in [2.75, 3.05) is 0 Å². The van der Waals surface area contributed by atoms with E-state index in [-0.39, 0.29) is 17.4 Å². The Kier molecular flexibility index (Phi) is 3.55. The molecule has 0 radical (unpaired) electrons. The van der Waals surface area contributed by atoms with Gasteiger partial charge in [-0.15, -0.1) is 0 Å². The normalized spacial score (nSPS) is 18.5. The highest BCUT2D eigenvalue weighted by molar-refractivity contribution is 5.78. The zero-order valence-corrected chi connectivity index (χ0v) is 14.3. The van der Waals surface area contributed by atoms with Crippen LogP contribution in [0.3, 0.4) is 0 Å². The van der Waals surface area contributed by atoms with E-state index in [2.05, 4.69) is 0 Å². The number of fused-ring (bicyclic) bond motifs is 1. The van der Waals surface area contributed by atoms with Gasteiger partial charge < -0.3 is 9.84 Å². The molecule has 2 unspecified atom stereocenters. The summed E-state index contributed by atoms with van der Waals surface area (Å²) in [5.41, 5.74) is 1.94. The second kappa shape index (κ2) is 6.07. The van der Waals surface area contributed by atoms with Crippen molar-refractivity contribution in [3.8, 4) is 11.4 Å². The Labute approximate surface area is 155 Å². The first kappa shape index (κ1) is 15.8. The summed E-state index contributed by atoms with van der Waals surface area (Å²) in [6, 6.07) is 23.8. The summed E-state index contributed by atoms with van der Waals surface area (Å²) < 4.78 is 7.46. The highest BCUT2D eigenvalue weighted by Gasteiger charge is 2.46. The molecule has 0 bridgehead atoms. The van der Waals surface area contributed by atoms with Gasteiger partial charge in [0.2, 0.25) is 0 Å². The fourth-order valence-corrected chi connectivity index (χ4v) is 3.44. The lowest BCUT2D eigenvalue weighted by atomic mass is 10.1. The van der Waals surface area contributed by atoms with Crippen LogP contribution in [-0.2, 0) is 4.74 Å². The molecule has 3 aromatic carbocycles. The molecule has 0 amide bonds. The minimum atomic E-state index is -0.393. The summed E-state index contributed by atoms with van der Waals surface area (Å²) >= 11 is 0. The molecule has 1 aliphatic rings.